The lowest BCUT2D eigenvalue weighted by atomic mass is 9.50. The maximum atomic E-state index is 4.62. The van der Waals surface area contributed by atoms with Crippen molar-refractivity contribution in [2.75, 3.05) is 0 Å². The lowest BCUT2D eigenvalue weighted by molar-refractivity contribution is -0.00527. The van der Waals surface area contributed by atoms with Crippen molar-refractivity contribution in [1.82, 2.24) is 4.98 Å². The molecular formula is C13H17NS. The highest BCUT2D eigenvalue weighted by atomic mass is 32.1. The van der Waals surface area contributed by atoms with Crippen LogP contribution in [0.15, 0.2) is 11.6 Å². The smallest absolute Gasteiger partial charge is 0.0987 e. The van der Waals surface area contributed by atoms with Gasteiger partial charge < -0.3 is 0 Å². The molecule has 0 N–H and O–H groups in total. The number of hydrogen-bond acceptors (Lipinski definition) is 2. The van der Waals surface area contributed by atoms with Gasteiger partial charge in [0.25, 0.3) is 0 Å². The van der Waals surface area contributed by atoms with Gasteiger partial charge in [-0.1, -0.05) is 0 Å². The minimum Gasteiger partial charge on any atom is -0.249 e. The Hall–Kier alpha value is -0.370. The highest BCUT2D eigenvalue weighted by Crippen LogP contribution is 2.60. The standard InChI is InChI=1S/C13H17NS/c1-2-15-12(14-1)13-6-9-3-10(7-13)5-11(4-9)8-13/h1-2,9-11H,3-8H2. The van der Waals surface area contributed by atoms with Gasteiger partial charge in [-0.2, -0.15) is 0 Å². The first-order chi connectivity index (χ1) is 7.34. The maximum Gasteiger partial charge on any atom is 0.0987 e. The summed E-state index contributed by atoms with van der Waals surface area (Å²) in [5.74, 6) is 3.13. The molecule has 4 bridgehead atoms. The van der Waals surface area contributed by atoms with Crippen LogP contribution in [0.2, 0.25) is 0 Å². The predicted molar refractivity (Wildman–Crippen MR) is 62.0 cm³/mol. The monoisotopic (exact) mass is 219 g/mol. The lowest BCUT2D eigenvalue weighted by Gasteiger charge is -2.56. The lowest BCUT2D eigenvalue weighted by Crippen LogP contribution is -2.48. The van der Waals surface area contributed by atoms with Crippen LogP contribution in [0.1, 0.15) is 43.5 Å². The van der Waals surface area contributed by atoms with Gasteiger partial charge in [-0.25, -0.2) is 4.98 Å². The molecular weight excluding hydrogens is 202 g/mol. The number of hydrogen-bond donors (Lipinski definition) is 0. The summed E-state index contributed by atoms with van der Waals surface area (Å²) in [6, 6.07) is 0. The van der Waals surface area contributed by atoms with E-state index in [0.717, 1.165) is 17.8 Å². The van der Waals surface area contributed by atoms with E-state index in [4.69, 9.17) is 0 Å². The fraction of sp³-hybridized carbons (Fsp3) is 0.769. The van der Waals surface area contributed by atoms with Gasteiger partial charge in [-0.15, -0.1) is 11.3 Å². The minimum absolute atomic E-state index is 0.531. The molecule has 1 aromatic rings. The van der Waals surface area contributed by atoms with Crippen LogP contribution < -0.4 is 0 Å². The van der Waals surface area contributed by atoms with Crippen LogP contribution in [0.5, 0.6) is 0 Å². The third-order valence-corrected chi connectivity index (χ3v) is 5.94. The van der Waals surface area contributed by atoms with E-state index >= 15 is 0 Å². The van der Waals surface area contributed by atoms with Crippen molar-refractivity contribution in [2.45, 2.75) is 43.9 Å². The van der Waals surface area contributed by atoms with E-state index in [1.54, 1.807) is 0 Å². The molecule has 1 heterocycles. The van der Waals surface area contributed by atoms with Gasteiger partial charge >= 0.3 is 0 Å². The molecule has 1 nitrogen and oxygen atoms in total. The highest BCUT2D eigenvalue weighted by Gasteiger charge is 2.52. The van der Waals surface area contributed by atoms with Gasteiger partial charge in [0.15, 0.2) is 0 Å². The zero-order valence-electron chi connectivity index (χ0n) is 8.98. The Labute approximate surface area is 94.9 Å². The van der Waals surface area contributed by atoms with Gasteiger partial charge in [-0.3, -0.25) is 0 Å². The summed E-state index contributed by atoms with van der Waals surface area (Å²) in [6.45, 7) is 0. The third-order valence-electron chi connectivity index (χ3n) is 4.92. The third kappa shape index (κ3) is 1.17. The number of thiazole rings is 1. The Bertz CT molecular complexity index is 333. The molecule has 0 unspecified atom stereocenters. The number of nitrogens with zero attached hydrogens (tertiary/aromatic N) is 1. The van der Waals surface area contributed by atoms with Crippen LogP contribution in [0.25, 0.3) is 0 Å². The van der Waals surface area contributed by atoms with Crippen LogP contribution in [0.3, 0.4) is 0 Å². The fourth-order valence-corrected chi connectivity index (χ4v) is 5.73. The second kappa shape index (κ2) is 2.85. The molecule has 0 spiro atoms. The van der Waals surface area contributed by atoms with Gasteiger partial charge in [0, 0.05) is 17.0 Å². The van der Waals surface area contributed by atoms with Gasteiger partial charge in [0.1, 0.15) is 0 Å². The summed E-state index contributed by atoms with van der Waals surface area (Å²) in [7, 11) is 0. The summed E-state index contributed by atoms with van der Waals surface area (Å²) in [4.78, 5) is 4.62. The molecule has 4 fully saturated rings. The van der Waals surface area contributed by atoms with E-state index in [-0.39, 0.29) is 0 Å². The zero-order chi connectivity index (χ0) is 9.88. The van der Waals surface area contributed by atoms with Crippen LogP contribution in [0, 0.1) is 17.8 Å². The molecule has 0 radical (unpaired) electrons. The summed E-state index contributed by atoms with van der Waals surface area (Å²) in [5, 5.41) is 3.62. The molecule has 0 atom stereocenters. The van der Waals surface area contributed by atoms with E-state index in [9.17, 15) is 0 Å². The van der Waals surface area contributed by atoms with Crippen LogP contribution >= 0.6 is 11.3 Å². The van der Waals surface area contributed by atoms with Crippen LogP contribution in [0.4, 0.5) is 0 Å². The SMILES string of the molecule is c1csc(C23CC4CC(CC(C4)C2)C3)n1. The molecule has 0 amide bonds. The summed E-state index contributed by atoms with van der Waals surface area (Å²) in [6.07, 6.45) is 10.9. The molecule has 1 aromatic heterocycles. The fourth-order valence-electron chi connectivity index (χ4n) is 4.86. The van der Waals surface area contributed by atoms with Crippen molar-refractivity contribution >= 4 is 11.3 Å². The first-order valence-corrected chi connectivity index (χ1v) is 7.12. The molecule has 80 valence electrons. The van der Waals surface area contributed by atoms with Crippen LogP contribution in [-0.2, 0) is 5.41 Å². The maximum absolute atomic E-state index is 4.62. The highest BCUT2D eigenvalue weighted by molar-refractivity contribution is 7.09. The van der Waals surface area contributed by atoms with E-state index < -0.39 is 0 Å². The molecule has 15 heavy (non-hydrogen) atoms. The summed E-state index contributed by atoms with van der Waals surface area (Å²) < 4.78 is 0. The van der Waals surface area contributed by atoms with E-state index in [2.05, 4.69) is 10.4 Å². The van der Waals surface area contributed by atoms with Crippen molar-refractivity contribution in [1.29, 1.82) is 0 Å². The predicted octanol–water partition coefficient (Wildman–Crippen LogP) is 3.61. The Morgan fingerprint density at radius 1 is 1.07 bits per heavy atom. The Kier molecular flexibility index (Phi) is 1.66. The normalized spacial score (nSPS) is 47.3. The molecule has 4 aliphatic rings. The van der Waals surface area contributed by atoms with Crippen molar-refractivity contribution in [3.63, 3.8) is 0 Å². The number of aromatic nitrogens is 1. The van der Waals surface area contributed by atoms with Crippen molar-refractivity contribution in [3.8, 4) is 0 Å². The first kappa shape index (κ1) is 8.74. The van der Waals surface area contributed by atoms with E-state index in [1.165, 1.54) is 43.5 Å². The topological polar surface area (TPSA) is 12.9 Å². The average Bonchev–Trinajstić information content (AvgIpc) is 2.67. The van der Waals surface area contributed by atoms with E-state index in [0.29, 0.717) is 5.41 Å². The first-order valence-electron chi connectivity index (χ1n) is 6.24. The largest absolute Gasteiger partial charge is 0.249 e. The van der Waals surface area contributed by atoms with Crippen molar-refractivity contribution in [3.05, 3.63) is 16.6 Å². The van der Waals surface area contributed by atoms with Crippen LogP contribution in [-0.4, -0.2) is 4.98 Å². The Balaban J connectivity index is 1.77. The summed E-state index contributed by atoms with van der Waals surface area (Å²) >= 11 is 1.90. The van der Waals surface area contributed by atoms with Crippen molar-refractivity contribution in [2.24, 2.45) is 17.8 Å². The minimum atomic E-state index is 0.531. The zero-order valence-corrected chi connectivity index (χ0v) is 9.80. The van der Waals surface area contributed by atoms with E-state index in [1.807, 2.05) is 17.5 Å². The average molecular weight is 219 g/mol. The Morgan fingerprint density at radius 3 is 2.13 bits per heavy atom. The Morgan fingerprint density at radius 2 is 1.67 bits per heavy atom. The molecule has 2 heteroatoms. The second-order valence-corrected chi connectivity index (χ2v) is 6.93. The summed E-state index contributed by atoms with van der Waals surface area (Å²) in [5.41, 5.74) is 0.531. The van der Waals surface area contributed by atoms with Gasteiger partial charge in [0.05, 0.1) is 5.01 Å². The molecule has 4 saturated carbocycles. The number of rotatable bonds is 1. The molecule has 4 aliphatic carbocycles. The van der Waals surface area contributed by atoms with Gasteiger partial charge in [-0.05, 0) is 56.3 Å². The van der Waals surface area contributed by atoms with Crippen molar-refractivity contribution < 1.29 is 0 Å². The quantitative estimate of drug-likeness (QED) is 0.703. The molecule has 0 aliphatic heterocycles. The second-order valence-electron chi connectivity index (χ2n) is 6.04. The molecule has 5 rings (SSSR count). The van der Waals surface area contributed by atoms with Gasteiger partial charge in [0.2, 0.25) is 0 Å². The molecule has 0 aromatic carbocycles. The molecule has 0 saturated heterocycles.